The van der Waals surface area contributed by atoms with E-state index >= 15 is 0 Å². The molecule has 0 bridgehead atoms. The maximum absolute atomic E-state index is 11.4. The third kappa shape index (κ3) is 1.92. The molecule has 0 aromatic carbocycles. The molecular formula is C8H10N2O3S. The molecule has 1 aromatic rings. The maximum Gasteiger partial charge on any atom is 0.358 e. The van der Waals surface area contributed by atoms with Gasteiger partial charge in [-0.2, -0.15) is 0 Å². The molecule has 0 unspecified atom stereocenters. The van der Waals surface area contributed by atoms with Gasteiger partial charge >= 0.3 is 5.97 Å². The van der Waals surface area contributed by atoms with E-state index in [4.69, 9.17) is 15.2 Å². The average molecular weight is 214 g/mol. The van der Waals surface area contributed by atoms with Gasteiger partial charge in [0, 0.05) is 11.9 Å². The molecule has 1 aromatic heterocycles. The van der Waals surface area contributed by atoms with Gasteiger partial charge in [-0.25, -0.2) is 9.78 Å². The van der Waals surface area contributed by atoms with Crippen LogP contribution in [-0.4, -0.2) is 30.3 Å². The summed E-state index contributed by atoms with van der Waals surface area (Å²) >= 11 is 1.36. The van der Waals surface area contributed by atoms with Gasteiger partial charge in [-0.05, 0) is 0 Å². The first-order valence-corrected chi connectivity index (χ1v) is 5.10. The minimum absolute atomic E-state index is 0.106. The van der Waals surface area contributed by atoms with E-state index in [0.717, 1.165) is 5.01 Å². The summed E-state index contributed by atoms with van der Waals surface area (Å²) in [6.07, 6.45) is -0.106. The number of thiazole rings is 1. The van der Waals surface area contributed by atoms with Crippen molar-refractivity contribution >= 4 is 17.3 Å². The summed E-state index contributed by atoms with van der Waals surface area (Å²) in [6.45, 7) is 1.32. The predicted molar refractivity (Wildman–Crippen MR) is 50.0 cm³/mol. The van der Waals surface area contributed by atoms with E-state index in [2.05, 4.69) is 4.98 Å². The Hall–Kier alpha value is -0.980. The number of carbonyl (C=O) groups is 1. The summed E-state index contributed by atoms with van der Waals surface area (Å²) in [5.41, 5.74) is 5.71. The lowest BCUT2D eigenvalue weighted by atomic mass is 10.3. The van der Waals surface area contributed by atoms with Gasteiger partial charge in [0.1, 0.15) is 11.1 Å². The summed E-state index contributed by atoms with van der Waals surface area (Å²) in [6, 6.07) is 0. The van der Waals surface area contributed by atoms with Crippen molar-refractivity contribution < 1.29 is 14.3 Å². The van der Waals surface area contributed by atoms with Crippen LogP contribution in [0, 0.1) is 0 Å². The van der Waals surface area contributed by atoms with E-state index < -0.39 is 5.97 Å². The lowest BCUT2D eigenvalue weighted by molar-refractivity contribution is -0.103. The molecule has 0 atom stereocenters. The number of carbonyl (C=O) groups excluding carboxylic acids is 1. The van der Waals surface area contributed by atoms with E-state index in [1.165, 1.54) is 11.3 Å². The molecule has 0 amide bonds. The van der Waals surface area contributed by atoms with Crippen LogP contribution in [0.1, 0.15) is 15.5 Å². The summed E-state index contributed by atoms with van der Waals surface area (Å²) in [5, 5.41) is 2.39. The van der Waals surface area contributed by atoms with Crippen LogP contribution in [0.25, 0.3) is 0 Å². The lowest BCUT2D eigenvalue weighted by Gasteiger charge is -2.25. The molecule has 0 aliphatic carbocycles. The third-order valence-electron chi connectivity index (χ3n) is 1.82. The Labute approximate surface area is 84.8 Å². The van der Waals surface area contributed by atoms with E-state index in [0.29, 0.717) is 25.5 Å². The smallest absolute Gasteiger partial charge is 0.358 e. The molecule has 2 N–H and O–H groups in total. The van der Waals surface area contributed by atoms with Gasteiger partial charge in [-0.3, -0.25) is 0 Å². The molecule has 76 valence electrons. The maximum atomic E-state index is 11.4. The molecule has 14 heavy (non-hydrogen) atoms. The van der Waals surface area contributed by atoms with Crippen molar-refractivity contribution in [2.24, 2.45) is 5.73 Å². The van der Waals surface area contributed by atoms with Gasteiger partial charge in [-0.15, -0.1) is 11.3 Å². The van der Waals surface area contributed by atoms with Crippen LogP contribution in [0.15, 0.2) is 5.38 Å². The van der Waals surface area contributed by atoms with Crippen LogP contribution >= 0.6 is 11.3 Å². The summed E-state index contributed by atoms with van der Waals surface area (Å²) in [7, 11) is 0. The van der Waals surface area contributed by atoms with Crippen molar-refractivity contribution in [2.45, 2.75) is 12.6 Å². The van der Waals surface area contributed by atoms with Gasteiger partial charge in [-0.1, -0.05) is 0 Å². The van der Waals surface area contributed by atoms with E-state index in [-0.39, 0.29) is 6.10 Å². The minimum atomic E-state index is -0.394. The number of hydrogen-bond acceptors (Lipinski definition) is 6. The largest absolute Gasteiger partial charge is 0.453 e. The number of aromatic nitrogens is 1. The van der Waals surface area contributed by atoms with Gasteiger partial charge < -0.3 is 15.2 Å². The van der Waals surface area contributed by atoms with E-state index in [1.807, 2.05) is 0 Å². The van der Waals surface area contributed by atoms with Crippen molar-refractivity contribution in [1.29, 1.82) is 0 Å². The quantitative estimate of drug-likeness (QED) is 0.725. The zero-order valence-corrected chi connectivity index (χ0v) is 8.25. The van der Waals surface area contributed by atoms with Crippen LogP contribution < -0.4 is 5.73 Å². The molecule has 0 radical (unpaired) electrons. The highest BCUT2D eigenvalue weighted by molar-refractivity contribution is 7.09. The van der Waals surface area contributed by atoms with Gasteiger partial charge in [0.2, 0.25) is 0 Å². The van der Waals surface area contributed by atoms with Crippen molar-refractivity contribution in [2.75, 3.05) is 13.2 Å². The highest BCUT2D eigenvalue weighted by atomic mass is 32.1. The fourth-order valence-corrected chi connectivity index (χ4v) is 1.64. The number of rotatable bonds is 3. The normalized spacial score (nSPS) is 16.4. The number of nitrogens with zero attached hydrogens (tertiary/aromatic N) is 1. The molecule has 6 heteroatoms. The van der Waals surface area contributed by atoms with Gasteiger partial charge in [0.25, 0.3) is 0 Å². The topological polar surface area (TPSA) is 74.4 Å². The molecule has 5 nitrogen and oxygen atoms in total. The van der Waals surface area contributed by atoms with Crippen molar-refractivity contribution in [3.63, 3.8) is 0 Å². The Kier molecular flexibility index (Phi) is 2.76. The third-order valence-corrected chi connectivity index (χ3v) is 2.69. The average Bonchev–Trinajstić information content (AvgIpc) is 2.59. The molecule has 0 saturated carbocycles. The van der Waals surface area contributed by atoms with Crippen LogP contribution in [0.4, 0.5) is 0 Å². The zero-order chi connectivity index (χ0) is 9.97. The van der Waals surface area contributed by atoms with Crippen molar-refractivity contribution in [3.05, 3.63) is 16.1 Å². The lowest BCUT2D eigenvalue weighted by Crippen LogP contribution is -2.37. The Morgan fingerprint density at radius 2 is 2.57 bits per heavy atom. The number of esters is 1. The molecule has 2 heterocycles. The highest BCUT2D eigenvalue weighted by Crippen LogP contribution is 2.13. The number of nitrogens with two attached hydrogens (primary N) is 1. The second-order valence-electron chi connectivity index (χ2n) is 2.90. The van der Waals surface area contributed by atoms with Crippen LogP contribution in [0.2, 0.25) is 0 Å². The van der Waals surface area contributed by atoms with Crippen molar-refractivity contribution in [3.8, 4) is 0 Å². The number of ether oxygens (including phenoxy) is 2. The molecular weight excluding hydrogens is 204 g/mol. The first-order valence-electron chi connectivity index (χ1n) is 4.23. The summed E-state index contributed by atoms with van der Waals surface area (Å²) < 4.78 is 9.95. The predicted octanol–water partition coefficient (Wildman–Crippen LogP) is 0.157. The van der Waals surface area contributed by atoms with Crippen LogP contribution in [-0.2, 0) is 16.0 Å². The molecule has 1 fully saturated rings. The number of hydrogen-bond donors (Lipinski definition) is 1. The van der Waals surface area contributed by atoms with E-state index in [1.54, 1.807) is 5.38 Å². The Morgan fingerprint density at radius 3 is 3.07 bits per heavy atom. The van der Waals surface area contributed by atoms with E-state index in [9.17, 15) is 4.79 Å². The second kappa shape index (κ2) is 4.04. The summed E-state index contributed by atoms with van der Waals surface area (Å²) in [5.74, 6) is -0.394. The van der Waals surface area contributed by atoms with Crippen LogP contribution in [0.5, 0.6) is 0 Å². The van der Waals surface area contributed by atoms with Gasteiger partial charge in [0.05, 0.1) is 13.2 Å². The molecule has 1 aliphatic heterocycles. The molecule has 1 saturated heterocycles. The SMILES string of the molecule is NCc1nc(C(=O)OC2COC2)cs1. The second-order valence-corrected chi connectivity index (χ2v) is 3.84. The molecule has 1 aliphatic rings. The minimum Gasteiger partial charge on any atom is -0.453 e. The fraction of sp³-hybridized carbons (Fsp3) is 0.500. The molecule has 2 rings (SSSR count). The summed E-state index contributed by atoms with van der Waals surface area (Å²) in [4.78, 5) is 15.4. The monoisotopic (exact) mass is 214 g/mol. The standard InChI is InChI=1S/C8H10N2O3S/c9-1-7-10-6(4-14-7)8(11)13-5-2-12-3-5/h4-5H,1-3,9H2. The van der Waals surface area contributed by atoms with Crippen LogP contribution in [0.3, 0.4) is 0 Å². The fourth-order valence-electron chi connectivity index (χ4n) is 0.992. The zero-order valence-electron chi connectivity index (χ0n) is 7.43. The Balaban J connectivity index is 1.95. The van der Waals surface area contributed by atoms with Crippen molar-refractivity contribution in [1.82, 2.24) is 4.98 Å². The first-order chi connectivity index (χ1) is 6.79. The van der Waals surface area contributed by atoms with Gasteiger partial charge in [0.15, 0.2) is 5.69 Å². The molecule has 0 spiro atoms. The first kappa shape index (κ1) is 9.57. The Bertz CT molecular complexity index is 335. The Morgan fingerprint density at radius 1 is 1.79 bits per heavy atom. The highest BCUT2D eigenvalue weighted by Gasteiger charge is 2.24.